The molecule has 2 rings (SSSR count). The SMILES string of the molecule is CCNC(=NCc1ncc(CC)s1)NCCc1nc(C(C)(C)C)cs1.I. The van der Waals surface area contributed by atoms with Crippen LogP contribution in [0.4, 0.5) is 0 Å². The van der Waals surface area contributed by atoms with Gasteiger partial charge < -0.3 is 10.6 Å². The maximum atomic E-state index is 4.74. The number of nitrogens with zero attached hydrogens (tertiary/aromatic N) is 3. The van der Waals surface area contributed by atoms with Gasteiger partial charge in [-0.15, -0.1) is 46.7 Å². The normalized spacial score (nSPS) is 12.0. The predicted molar refractivity (Wildman–Crippen MR) is 124 cm³/mol. The minimum absolute atomic E-state index is 0. The van der Waals surface area contributed by atoms with Crippen molar-refractivity contribution in [3.8, 4) is 0 Å². The van der Waals surface area contributed by atoms with Crippen LogP contribution in [0.2, 0.25) is 0 Å². The number of halogens is 1. The van der Waals surface area contributed by atoms with Gasteiger partial charge in [0.1, 0.15) is 5.01 Å². The van der Waals surface area contributed by atoms with Gasteiger partial charge in [0, 0.05) is 41.4 Å². The van der Waals surface area contributed by atoms with Gasteiger partial charge in [0.2, 0.25) is 0 Å². The number of guanidine groups is 1. The van der Waals surface area contributed by atoms with Crippen molar-refractivity contribution in [3.63, 3.8) is 0 Å². The fourth-order valence-corrected chi connectivity index (χ4v) is 3.94. The number of hydrogen-bond acceptors (Lipinski definition) is 5. The summed E-state index contributed by atoms with van der Waals surface area (Å²) in [5, 5.41) is 11.1. The van der Waals surface area contributed by atoms with E-state index in [2.05, 4.69) is 60.6 Å². The molecule has 5 nitrogen and oxygen atoms in total. The first-order valence-electron chi connectivity index (χ1n) is 8.83. The Kier molecular flexibility index (Phi) is 10.0. The van der Waals surface area contributed by atoms with Crippen molar-refractivity contribution < 1.29 is 0 Å². The first-order chi connectivity index (χ1) is 11.9. The van der Waals surface area contributed by atoms with Crippen molar-refractivity contribution >= 4 is 52.6 Å². The second-order valence-electron chi connectivity index (χ2n) is 6.82. The van der Waals surface area contributed by atoms with Crippen LogP contribution in [0.25, 0.3) is 0 Å². The van der Waals surface area contributed by atoms with Crippen LogP contribution >= 0.6 is 46.7 Å². The van der Waals surface area contributed by atoms with E-state index in [0.717, 1.165) is 36.9 Å². The van der Waals surface area contributed by atoms with Gasteiger partial charge in [0.05, 0.1) is 17.2 Å². The van der Waals surface area contributed by atoms with Crippen LogP contribution in [-0.4, -0.2) is 29.0 Å². The van der Waals surface area contributed by atoms with Crippen LogP contribution in [0, 0.1) is 0 Å². The van der Waals surface area contributed by atoms with Crippen molar-refractivity contribution in [2.45, 2.75) is 59.4 Å². The zero-order chi connectivity index (χ0) is 18.3. The third kappa shape index (κ3) is 7.48. The number of aromatic nitrogens is 2. The molecule has 0 aliphatic heterocycles. The molecule has 0 aromatic carbocycles. The van der Waals surface area contributed by atoms with Crippen LogP contribution in [-0.2, 0) is 24.8 Å². The van der Waals surface area contributed by atoms with Crippen molar-refractivity contribution in [2.24, 2.45) is 4.99 Å². The second-order valence-corrected chi connectivity index (χ2v) is 8.96. The molecule has 2 heterocycles. The number of rotatable bonds is 7. The van der Waals surface area contributed by atoms with Crippen LogP contribution in [0.5, 0.6) is 0 Å². The highest BCUT2D eigenvalue weighted by atomic mass is 127. The molecule has 2 aromatic heterocycles. The van der Waals surface area contributed by atoms with Crippen molar-refractivity contribution in [2.75, 3.05) is 13.1 Å². The van der Waals surface area contributed by atoms with Crippen LogP contribution in [0.3, 0.4) is 0 Å². The number of nitrogens with one attached hydrogen (secondary N) is 2. The highest BCUT2D eigenvalue weighted by Gasteiger charge is 2.17. The molecular weight excluding hydrogens is 477 g/mol. The number of aryl methyl sites for hydroxylation is 1. The average Bonchev–Trinajstić information content (AvgIpc) is 3.21. The molecule has 0 atom stereocenters. The molecule has 0 fully saturated rings. The quantitative estimate of drug-likeness (QED) is 0.332. The summed E-state index contributed by atoms with van der Waals surface area (Å²) >= 11 is 3.47. The lowest BCUT2D eigenvalue weighted by Gasteiger charge is -2.14. The molecule has 0 saturated carbocycles. The topological polar surface area (TPSA) is 62.2 Å². The van der Waals surface area contributed by atoms with E-state index in [0.29, 0.717) is 6.54 Å². The molecule has 0 spiro atoms. The lowest BCUT2D eigenvalue weighted by atomic mass is 9.93. The predicted octanol–water partition coefficient (Wildman–Crippen LogP) is 4.38. The van der Waals surface area contributed by atoms with E-state index in [4.69, 9.17) is 4.98 Å². The smallest absolute Gasteiger partial charge is 0.191 e. The molecule has 0 saturated heterocycles. The van der Waals surface area contributed by atoms with Crippen LogP contribution in [0.15, 0.2) is 16.6 Å². The van der Waals surface area contributed by atoms with Gasteiger partial charge in [-0.3, -0.25) is 0 Å². The fraction of sp³-hybridized carbons (Fsp3) is 0.611. The molecule has 0 radical (unpaired) electrons. The lowest BCUT2D eigenvalue weighted by molar-refractivity contribution is 0.570. The van der Waals surface area contributed by atoms with E-state index in [1.54, 1.807) is 22.7 Å². The summed E-state index contributed by atoms with van der Waals surface area (Å²) < 4.78 is 0. The molecule has 0 bridgehead atoms. The fourth-order valence-electron chi connectivity index (χ4n) is 2.13. The van der Waals surface area contributed by atoms with E-state index >= 15 is 0 Å². The number of thiazole rings is 2. The first-order valence-corrected chi connectivity index (χ1v) is 10.5. The Morgan fingerprint density at radius 1 is 1.19 bits per heavy atom. The summed E-state index contributed by atoms with van der Waals surface area (Å²) in [6.07, 6.45) is 3.89. The number of aliphatic imine (C=N–C) groups is 1. The van der Waals surface area contributed by atoms with Crippen molar-refractivity contribution in [3.05, 3.63) is 32.2 Å². The summed E-state index contributed by atoms with van der Waals surface area (Å²) in [4.78, 5) is 15.1. The minimum atomic E-state index is 0. The van der Waals surface area contributed by atoms with E-state index in [1.807, 2.05) is 6.20 Å². The molecule has 2 aromatic rings. The van der Waals surface area contributed by atoms with Gasteiger partial charge in [-0.1, -0.05) is 27.7 Å². The zero-order valence-corrected chi connectivity index (χ0v) is 20.2. The first kappa shape index (κ1) is 23.3. The third-order valence-corrected chi connectivity index (χ3v) is 5.65. The monoisotopic (exact) mass is 507 g/mol. The van der Waals surface area contributed by atoms with Gasteiger partial charge in [0.25, 0.3) is 0 Å². The Hall–Kier alpha value is -0.740. The summed E-state index contributed by atoms with van der Waals surface area (Å²) in [5.74, 6) is 0.836. The molecule has 146 valence electrons. The third-order valence-electron chi connectivity index (χ3n) is 3.62. The molecule has 0 aliphatic rings. The maximum absolute atomic E-state index is 4.74. The maximum Gasteiger partial charge on any atom is 0.191 e. The van der Waals surface area contributed by atoms with E-state index in [-0.39, 0.29) is 29.4 Å². The largest absolute Gasteiger partial charge is 0.357 e. The Morgan fingerprint density at radius 3 is 2.54 bits per heavy atom. The molecular formula is C18H30IN5S2. The summed E-state index contributed by atoms with van der Waals surface area (Å²) in [5.41, 5.74) is 1.28. The summed E-state index contributed by atoms with van der Waals surface area (Å²) in [6.45, 7) is 13.1. The van der Waals surface area contributed by atoms with Crippen molar-refractivity contribution in [1.29, 1.82) is 0 Å². The average molecular weight is 508 g/mol. The van der Waals surface area contributed by atoms with Gasteiger partial charge in [0.15, 0.2) is 5.96 Å². The minimum Gasteiger partial charge on any atom is -0.357 e. The highest BCUT2D eigenvalue weighted by molar-refractivity contribution is 14.0. The highest BCUT2D eigenvalue weighted by Crippen LogP contribution is 2.23. The number of hydrogen-bond donors (Lipinski definition) is 2. The summed E-state index contributed by atoms with van der Waals surface area (Å²) in [7, 11) is 0. The zero-order valence-electron chi connectivity index (χ0n) is 16.3. The summed E-state index contributed by atoms with van der Waals surface area (Å²) in [6, 6.07) is 0. The molecule has 26 heavy (non-hydrogen) atoms. The Balaban J connectivity index is 0.00000338. The Labute approximate surface area is 182 Å². The molecule has 0 amide bonds. The molecule has 2 N–H and O–H groups in total. The molecule has 0 unspecified atom stereocenters. The van der Waals surface area contributed by atoms with Gasteiger partial charge in [-0.25, -0.2) is 15.0 Å². The van der Waals surface area contributed by atoms with Gasteiger partial charge in [-0.05, 0) is 13.3 Å². The standard InChI is InChI=1S/C18H29N5S2.HI/c1-6-13-10-21-16(25-13)11-22-17(19-7-2)20-9-8-15-23-14(12-24-15)18(3,4)5;/h10,12H,6-9,11H2,1-5H3,(H2,19,20,22);1H. The second kappa shape index (κ2) is 11.2. The van der Waals surface area contributed by atoms with Crippen LogP contribution in [0.1, 0.15) is 55.2 Å². The Morgan fingerprint density at radius 2 is 1.96 bits per heavy atom. The molecule has 8 heteroatoms. The lowest BCUT2D eigenvalue weighted by Crippen LogP contribution is -2.38. The Bertz CT molecular complexity index is 688. The van der Waals surface area contributed by atoms with Crippen molar-refractivity contribution in [1.82, 2.24) is 20.6 Å². The van der Waals surface area contributed by atoms with E-state index in [9.17, 15) is 0 Å². The van der Waals surface area contributed by atoms with E-state index < -0.39 is 0 Å². The van der Waals surface area contributed by atoms with Crippen LogP contribution < -0.4 is 10.6 Å². The van der Waals surface area contributed by atoms with Gasteiger partial charge in [-0.2, -0.15) is 0 Å². The molecule has 0 aliphatic carbocycles. The van der Waals surface area contributed by atoms with E-state index in [1.165, 1.54) is 15.6 Å². The van der Waals surface area contributed by atoms with Gasteiger partial charge >= 0.3 is 0 Å².